The second kappa shape index (κ2) is 7.50. The first-order valence-electron chi connectivity index (χ1n) is 9.16. The molecule has 2 aliphatic rings. The van der Waals surface area contributed by atoms with Crippen LogP contribution in [0.3, 0.4) is 0 Å². The lowest BCUT2D eigenvalue weighted by atomic mass is 9.89. The van der Waals surface area contributed by atoms with Crippen molar-refractivity contribution in [2.45, 2.75) is 18.1 Å². The molecule has 6 nitrogen and oxygen atoms in total. The molecule has 2 fully saturated rings. The van der Waals surface area contributed by atoms with E-state index < -0.39 is 0 Å². The fraction of sp³-hybridized carbons (Fsp3) is 0.400. The van der Waals surface area contributed by atoms with Gasteiger partial charge in [-0.2, -0.15) is 0 Å². The van der Waals surface area contributed by atoms with Gasteiger partial charge in [0.05, 0.1) is 11.6 Å². The van der Waals surface area contributed by atoms with Gasteiger partial charge in [0.2, 0.25) is 5.91 Å². The maximum absolute atomic E-state index is 13.8. The van der Waals surface area contributed by atoms with Crippen molar-refractivity contribution >= 4 is 23.6 Å². The van der Waals surface area contributed by atoms with Crippen molar-refractivity contribution in [1.82, 2.24) is 19.8 Å². The summed E-state index contributed by atoms with van der Waals surface area (Å²) in [5, 5.41) is 0.623. The molecule has 146 valence electrons. The summed E-state index contributed by atoms with van der Waals surface area (Å²) < 4.78 is 13.8. The first-order valence-corrected chi connectivity index (χ1v) is 10.4. The Morgan fingerprint density at radius 1 is 1.18 bits per heavy atom. The number of likely N-dealkylation sites (tertiary alicyclic amines) is 2. The van der Waals surface area contributed by atoms with Crippen LogP contribution in [0.4, 0.5) is 4.39 Å². The Morgan fingerprint density at radius 2 is 1.93 bits per heavy atom. The maximum Gasteiger partial charge on any atom is 0.257 e. The number of halogens is 1. The van der Waals surface area contributed by atoms with Gasteiger partial charge in [-0.15, -0.1) is 0 Å². The van der Waals surface area contributed by atoms with Gasteiger partial charge in [-0.1, -0.05) is 23.9 Å². The summed E-state index contributed by atoms with van der Waals surface area (Å²) >= 11 is 1.42. The van der Waals surface area contributed by atoms with Crippen LogP contribution in [-0.4, -0.2) is 57.5 Å². The average molecular weight is 400 g/mol. The van der Waals surface area contributed by atoms with Crippen molar-refractivity contribution in [3.05, 3.63) is 53.6 Å². The molecule has 8 heteroatoms. The van der Waals surface area contributed by atoms with Crippen LogP contribution < -0.4 is 0 Å². The van der Waals surface area contributed by atoms with Gasteiger partial charge in [-0.3, -0.25) is 9.59 Å². The van der Waals surface area contributed by atoms with Crippen molar-refractivity contribution < 1.29 is 14.0 Å². The first-order chi connectivity index (χ1) is 13.5. The topological polar surface area (TPSA) is 66.4 Å². The van der Waals surface area contributed by atoms with Crippen molar-refractivity contribution in [2.75, 3.05) is 25.9 Å². The Morgan fingerprint density at radius 3 is 2.57 bits per heavy atom. The van der Waals surface area contributed by atoms with Crippen LogP contribution in [0.15, 0.2) is 41.8 Å². The molecule has 2 amide bonds. The van der Waals surface area contributed by atoms with Crippen molar-refractivity contribution in [2.24, 2.45) is 11.8 Å². The highest BCUT2D eigenvalue weighted by molar-refractivity contribution is 7.98. The van der Waals surface area contributed by atoms with E-state index in [2.05, 4.69) is 9.97 Å². The number of aromatic nitrogens is 2. The third-order valence-electron chi connectivity index (χ3n) is 5.60. The zero-order valence-electron chi connectivity index (χ0n) is 15.7. The van der Waals surface area contributed by atoms with Crippen molar-refractivity contribution in [1.29, 1.82) is 0 Å². The van der Waals surface area contributed by atoms with Crippen LogP contribution in [-0.2, 0) is 4.79 Å². The molecule has 3 heterocycles. The van der Waals surface area contributed by atoms with E-state index in [1.807, 2.05) is 17.2 Å². The fourth-order valence-electron chi connectivity index (χ4n) is 4.37. The molecule has 2 aromatic rings. The van der Waals surface area contributed by atoms with E-state index in [1.165, 1.54) is 23.9 Å². The van der Waals surface area contributed by atoms with Crippen LogP contribution in [0.25, 0.3) is 0 Å². The molecule has 0 N–H and O–H groups in total. The molecule has 1 aromatic heterocycles. The summed E-state index contributed by atoms with van der Waals surface area (Å²) in [6.07, 6.45) is 4.99. The molecule has 0 aliphatic carbocycles. The van der Waals surface area contributed by atoms with Gasteiger partial charge in [0.25, 0.3) is 5.91 Å². The molecule has 0 spiro atoms. The second-order valence-electron chi connectivity index (χ2n) is 7.26. The van der Waals surface area contributed by atoms with Gasteiger partial charge in [-0.25, -0.2) is 14.4 Å². The minimum Gasteiger partial charge on any atom is -0.338 e. The minimum atomic E-state index is -0.318. The largest absolute Gasteiger partial charge is 0.338 e. The molecule has 0 radical (unpaired) electrons. The third kappa shape index (κ3) is 3.37. The highest BCUT2D eigenvalue weighted by Crippen LogP contribution is 2.45. The fourth-order valence-corrected chi connectivity index (χ4v) is 4.68. The molecule has 4 rings (SSSR count). The lowest BCUT2D eigenvalue weighted by molar-refractivity contribution is -0.130. The molecule has 0 unspecified atom stereocenters. The smallest absolute Gasteiger partial charge is 0.257 e. The Labute approximate surface area is 167 Å². The molecule has 1 aromatic carbocycles. The highest BCUT2D eigenvalue weighted by atomic mass is 32.2. The number of carbonyl (C=O) groups excluding carboxylic acids is 2. The van der Waals surface area contributed by atoms with E-state index in [-0.39, 0.29) is 35.5 Å². The third-order valence-corrected chi connectivity index (χ3v) is 6.18. The zero-order valence-corrected chi connectivity index (χ0v) is 16.5. The molecular formula is C20H21FN4O2S. The molecule has 28 heavy (non-hydrogen) atoms. The SMILES string of the molecule is CSc1ncc(C(=O)N2C[C@@H]3CN(C(C)=O)[C@@H](c4cccc(F)c4)[C@@H]3C2)cn1. The molecule has 0 bridgehead atoms. The number of carbonyl (C=O) groups is 2. The molecule has 2 saturated heterocycles. The Kier molecular flexibility index (Phi) is 5.05. The van der Waals surface area contributed by atoms with E-state index in [0.717, 1.165) is 5.56 Å². The van der Waals surface area contributed by atoms with Crippen LogP contribution in [0.1, 0.15) is 28.9 Å². The maximum atomic E-state index is 13.8. The van der Waals surface area contributed by atoms with Crippen LogP contribution in [0.5, 0.6) is 0 Å². The van der Waals surface area contributed by atoms with Gasteiger partial charge >= 0.3 is 0 Å². The van der Waals surface area contributed by atoms with Crippen LogP contribution >= 0.6 is 11.8 Å². The van der Waals surface area contributed by atoms with E-state index in [4.69, 9.17) is 0 Å². The summed E-state index contributed by atoms with van der Waals surface area (Å²) in [5.74, 6) is -0.188. The van der Waals surface area contributed by atoms with Gasteiger partial charge in [-0.05, 0) is 24.0 Å². The van der Waals surface area contributed by atoms with E-state index in [1.54, 1.807) is 30.3 Å². The molecule has 0 saturated carbocycles. The monoisotopic (exact) mass is 400 g/mol. The zero-order chi connectivity index (χ0) is 19.8. The van der Waals surface area contributed by atoms with E-state index in [9.17, 15) is 14.0 Å². The molecule has 3 atom stereocenters. The average Bonchev–Trinajstić information content (AvgIpc) is 3.25. The number of thioether (sulfide) groups is 1. The van der Waals surface area contributed by atoms with Crippen molar-refractivity contribution in [3.63, 3.8) is 0 Å². The Bertz CT molecular complexity index is 907. The van der Waals surface area contributed by atoms with Gasteiger partial charge < -0.3 is 9.80 Å². The molecular weight excluding hydrogens is 379 g/mol. The Hall–Kier alpha value is -2.48. The van der Waals surface area contributed by atoms with E-state index in [0.29, 0.717) is 30.4 Å². The number of benzene rings is 1. The summed E-state index contributed by atoms with van der Waals surface area (Å²) in [7, 11) is 0. The number of amides is 2. The van der Waals surface area contributed by atoms with Gasteiger partial charge in [0, 0.05) is 50.8 Å². The summed E-state index contributed by atoms with van der Waals surface area (Å²) in [6, 6.07) is 6.19. The summed E-state index contributed by atoms with van der Waals surface area (Å²) in [5.41, 5.74) is 1.24. The predicted octanol–water partition coefficient (Wildman–Crippen LogP) is 2.63. The number of hydrogen-bond acceptors (Lipinski definition) is 5. The quantitative estimate of drug-likeness (QED) is 0.585. The lowest BCUT2D eigenvalue weighted by Gasteiger charge is -2.29. The minimum absolute atomic E-state index is 0.0254. The van der Waals surface area contributed by atoms with Crippen LogP contribution in [0.2, 0.25) is 0 Å². The van der Waals surface area contributed by atoms with Crippen molar-refractivity contribution in [3.8, 4) is 0 Å². The molecule has 2 aliphatic heterocycles. The predicted molar refractivity (Wildman–Crippen MR) is 103 cm³/mol. The lowest BCUT2D eigenvalue weighted by Crippen LogP contribution is -2.36. The first kappa shape index (κ1) is 18.9. The number of fused-ring (bicyclic) bond motifs is 1. The van der Waals surface area contributed by atoms with Crippen LogP contribution in [0, 0.1) is 17.7 Å². The normalized spacial score (nSPS) is 23.8. The number of nitrogens with zero attached hydrogens (tertiary/aromatic N) is 4. The number of hydrogen-bond donors (Lipinski definition) is 0. The van der Waals surface area contributed by atoms with E-state index >= 15 is 0 Å². The number of rotatable bonds is 3. The summed E-state index contributed by atoms with van der Waals surface area (Å²) in [4.78, 5) is 37.0. The van der Waals surface area contributed by atoms with Gasteiger partial charge in [0.15, 0.2) is 5.16 Å². The summed E-state index contributed by atoms with van der Waals surface area (Å²) in [6.45, 7) is 3.22. The standard InChI is InChI=1S/C20H21FN4O2S/c1-12(26)25-10-15-9-24(19(27)14-7-22-20(28-2)23-8-14)11-17(15)18(25)13-4-3-5-16(21)6-13/h3-8,15,17-18H,9-11H2,1-2H3/t15-,17-,18+/m1/s1. The Balaban J connectivity index is 1.57. The second-order valence-corrected chi connectivity index (χ2v) is 8.04. The van der Waals surface area contributed by atoms with Gasteiger partial charge in [0.1, 0.15) is 5.82 Å². The highest BCUT2D eigenvalue weighted by Gasteiger charge is 2.49.